The van der Waals surface area contributed by atoms with Crippen LogP contribution in [0.15, 0.2) is 24.3 Å². The number of nitrogens with zero attached hydrogens (tertiary/aromatic N) is 1. The van der Waals surface area contributed by atoms with Gasteiger partial charge in [0.15, 0.2) is 0 Å². The highest BCUT2D eigenvalue weighted by atomic mass is 19.1. The van der Waals surface area contributed by atoms with Gasteiger partial charge in [-0.3, -0.25) is 9.59 Å². The van der Waals surface area contributed by atoms with E-state index >= 15 is 0 Å². The lowest BCUT2D eigenvalue weighted by Crippen LogP contribution is -2.54. The van der Waals surface area contributed by atoms with Gasteiger partial charge >= 0.3 is 0 Å². The van der Waals surface area contributed by atoms with Crippen molar-refractivity contribution in [1.82, 2.24) is 4.90 Å². The molecule has 1 fully saturated rings. The van der Waals surface area contributed by atoms with Crippen LogP contribution in [0.4, 0.5) is 4.39 Å². The van der Waals surface area contributed by atoms with Crippen LogP contribution in [0.3, 0.4) is 0 Å². The van der Waals surface area contributed by atoms with E-state index in [1.165, 1.54) is 12.1 Å². The number of nitrogens with two attached hydrogens (primary N) is 1. The summed E-state index contributed by atoms with van der Waals surface area (Å²) in [5.41, 5.74) is 6.05. The van der Waals surface area contributed by atoms with E-state index in [9.17, 15) is 14.0 Å². The molecule has 2 rings (SSSR count). The van der Waals surface area contributed by atoms with Crippen LogP contribution in [0.1, 0.15) is 12.0 Å². The molecule has 1 heterocycles. The summed E-state index contributed by atoms with van der Waals surface area (Å²) < 4.78 is 12.7. The second kappa shape index (κ2) is 5.16. The number of likely N-dealkylation sites (tertiary alicyclic amines) is 1. The highest BCUT2D eigenvalue weighted by Gasteiger charge is 2.33. The third kappa shape index (κ3) is 2.85. The second-order valence-corrected chi connectivity index (χ2v) is 4.52. The number of carbonyl (C=O) groups excluding carboxylic acids is 2. The number of benzene rings is 1. The average Bonchev–Trinajstić information content (AvgIpc) is 2.25. The maximum absolute atomic E-state index is 12.7. The lowest BCUT2D eigenvalue weighted by atomic mass is 9.98. The summed E-state index contributed by atoms with van der Waals surface area (Å²) in [6, 6.07) is 6.11. The lowest BCUT2D eigenvalue weighted by Gasteiger charge is -2.37. The van der Waals surface area contributed by atoms with Crippen molar-refractivity contribution in [2.45, 2.75) is 12.8 Å². The first-order chi connectivity index (χ1) is 8.56. The molecule has 1 saturated heterocycles. The molecule has 18 heavy (non-hydrogen) atoms. The molecule has 1 aromatic carbocycles. The summed E-state index contributed by atoms with van der Waals surface area (Å²) in [5.74, 6) is -0.814. The molecule has 0 bridgehead atoms. The first kappa shape index (κ1) is 12.5. The molecule has 2 amide bonds. The fourth-order valence-corrected chi connectivity index (χ4v) is 1.92. The van der Waals surface area contributed by atoms with Crippen LogP contribution in [-0.2, 0) is 16.0 Å². The Kier molecular flexibility index (Phi) is 3.60. The first-order valence-corrected chi connectivity index (χ1v) is 5.88. The summed E-state index contributed by atoms with van der Waals surface area (Å²) in [5, 5.41) is 0. The molecule has 0 radical (unpaired) electrons. The molecule has 5 heteroatoms. The Morgan fingerprint density at radius 1 is 1.28 bits per heavy atom. The van der Waals surface area contributed by atoms with Gasteiger partial charge in [-0.2, -0.15) is 0 Å². The standard InChI is InChI=1S/C13H15FN2O2/c14-11-4-1-9(2-5-11)3-6-12(17)16-7-10(8-16)13(15)18/h1-2,4-5,10H,3,6-8H2,(H2,15,18). The summed E-state index contributed by atoms with van der Waals surface area (Å²) in [6.07, 6.45) is 0.952. The zero-order chi connectivity index (χ0) is 13.1. The molecule has 96 valence electrons. The monoisotopic (exact) mass is 250 g/mol. The molecule has 1 aliphatic rings. The van der Waals surface area contributed by atoms with E-state index < -0.39 is 0 Å². The zero-order valence-corrected chi connectivity index (χ0v) is 9.93. The molecule has 0 spiro atoms. The molecule has 0 aliphatic carbocycles. The van der Waals surface area contributed by atoms with Crippen molar-refractivity contribution in [3.8, 4) is 0 Å². The average molecular weight is 250 g/mol. The maximum Gasteiger partial charge on any atom is 0.224 e. The van der Waals surface area contributed by atoms with E-state index in [0.717, 1.165) is 5.56 Å². The van der Waals surface area contributed by atoms with Gasteiger partial charge in [-0.1, -0.05) is 12.1 Å². The van der Waals surface area contributed by atoms with Crippen molar-refractivity contribution >= 4 is 11.8 Å². The predicted octanol–water partition coefficient (Wildman–Crippen LogP) is 0.702. The highest BCUT2D eigenvalue weighted by Crippen LogP contribution is 2.17. The van der Waals surface area contributed by atoms with E-state index in [2.05, 4.69) is 0 Å². The second-order valence-electron chi connectivity index (χ2n) is 4.52. The van der Waals surface area contributed by atoms with Crippen molar-refractivity contribution < 1.29 is 14.0 Å². The fraction of sp³-hybridized carbons (Fsp3) is 0.385. The number of carbonyl (C=O) groups is 2. The molecular formula is C13H15FN2O2. The van der Waals surface area contributed by atoms with Gasteiger partial charge in [-0.25, -0.2) is 4.39 Å². The van der Waals surface area contributed by atoms with Gasteiger partial charge in [-0.15, -0.1) is 0 Å². The van der Waals surface area contributed by atoms with Gasteiger partial charge in [0.25, 0.3) is 0 Å². The van der Waals surface area contributed by atoms with Crippen LogP contribution in [0.5, 0.6) is 0 Å². The third-order valence-electron chi connectivity index (χ3n) is 3.18. The number of rotatable bonds is 4. The zero-order valence-electron chi connectivity index (χ0n) is 9.93. The smallest absolute Gasteiger partial charge is 0.224 e. The van der Waals surface area contributed by atoms with E-state index in [1.807, 2.05) is 0 Å². The number of amides is 2. The molecule has 2 N–H and O–H groups in total. The Morgan fingerprint density at radius 2 is 1.89 bits per heavy atom. The Morgan fingerprint density at radius 3 is 2.44 bits per heavy atom. The number of aryl methyl sites for hydroxylation is 1. The molecule has 0 saturated carbocycles. The Bertz CT molecular complexity index is 453. The number of hydrogen-bond acceptors (Lipinski definition) is 2. The Balaban J connectivity index is 1.76. The van der Waals surface area contributed by atoms with Gasteiger partial charge in [0.1, 0.15) is 5.82 Å². The maximum atomic E-state index is 12.7. The number of halogens is 1. The first-order valence-electron chi connectivity index (χ1n) is 5.88. The minimum Gasteiger partial charge on any atom is -0.369 e. The minimum atomic E-state index is -0.349. The fourth-order valence-electron chi connectivity index (χ4n) is 1.92. The van der Waals surface area contributed by atoms with Gasteiger partial charge < -0.3 is 10.6 Å². The van der Waals surface area contributed by atoms with E-state index in [-0.39, 0.29) is 23.5 Å². The van der Waals surface area contributed by atoms with Crippen molar-refractivity contribution in [2.24, 2.45) is 11.7 Å². The van der Waals surface area contributed by atoms with E-state index in [4.69, 9.17) is 5.73 Å². The summed E-state index contributed by atoms with van der Waals surface area (Å²) >= 11 is 0. The largest absolute Gasteiger partial charge is 0.369 e. The molecule has 0 atom stereocenters. The summed E-state index contributed by atoms with van der Waals surface area (Å²) in [4.78, 5) is 24.2. The van der Waals surface area contributed by atoms with Gasteiger partial charge in [0.2, 0.25) is 11.8 Å². The molecule has 0 aromatic heterocycles. The van der Waals surface area contributed by atoms with Crippen LogP contribution in [-0.4, -0.2) is 29.8 Å². The van der Waals surface area contributed by atoms with Gasteiger partial charge in [-0.05, 0) is 24.1 Å². The number of primary amides is 1. The van der Waals surface area contributed by atoms with Crippen molar-refractivity contribution in [3.63, 3.8) is 0 Å². The summed E-state index contributed by atoms with van der Waals surface area (Å²) in [7, 11) is 0. The molecule has 1 aliphatic heterocycles. The van der Waals surface area contributed by atoms with Crippen LogP contribution < -0.4 is 5.73 Å². The lowest BCUT2D eigenvalue weighted by molar-refractivity contribution is -0.141. The van der Waals surface area contributed by atoms with Gasteiger partial charge in [0, 0.05) is 19.5 Å². The predicted molar refractivity (Wildman–Crippen MR) is 64.0 cm³/mol. The minimum absolute atomic E-state index is 0.0109. The Labute approximate surface area is 105 Å². The topological polar surface area (TPSA) is 63.4 Å². The Hall–Kier alpha value is -1.91. The van der Waals surface area contributed by atoms with Crippen LogP contribution in [0.25, 0.3) is 0 Å². The highest BCUT2D eigenvalue weighted by molar-refractivity contribution is 5.83. The third-order valence-corrected chi connectivity index (χ3v) is 3.18. The SMILES string of the molecule is NC(=O)C1CN(C(=O)CCc2ccc(F)cc2)C1. The van der Waals surface area contributed by atoms with Crippen molar-refractivity contribution in [2.75, 3.05) is 13.1 Å². The van der Waals surface area contributed by atoms with Crippen LogP contribution in [0, 0.1) is 11.7 Å². The van der Waals surface area contributed by atoms with Gasteiger partial charge in [0.05, 0.1) is 5.92 Å². The molecular weight excluding hydrogens is 235 g/mol. The molecule has 0 unspecified atom stereocenters. The number of hydrogen-bond donors (Lipinski definition) is 1. The normalized spacial score (nSPS) is 15.3. The quantitative estimate of drug-likeness (QED) is 0.855. The van der Waals surface area contributed by atoms with Crippen molar-refractivity contribution in [3.05, 3.63) is 35.6 Å². The molecule has 4 nitrogen and oxygen atoms in total. The van der Waals surface area contributed by atoms with Crippen molar-refractivity contribution in [1.29, 1.82) is 0 Å². The molecule has 1 aromatic rings. The van der Waals surface area contributed by atoms with E-state index in [0.29, 0.717) is 25.9 Å². The summed E-state index contributed by atoms with van der Waals surface area (Å²) in [6.45, 7) is 0.856. The van der Waals surface area contributed by atoms with Crippen LogP contribution >= 0.6 is 0 Å². The van der Waals surface area contributed by atoms with E-state index in [1.54, 1.807) is 17.0 Å². The van der Waals surface area contributed by atoms with Crippen LogP contribution in [0.2, 0.25) is 0 Å².